The highest BCUT2D eigenvalue weighted by Crippen LogP contribution is 2.21. The quantitative estimate of drug-likeness (QED) is 0.788. The predicted molar refractivity (Wildman–Crippen MR) is 61.1 cm³/mol. The standard InChI is InChI=1S/C12H11F4NO3/c13-11(14)12(15,16)6-17-9(18)5-7-1-3-8(4-2-7)10(19)20/h1-4,11H,5-6H2,(H,17,18)(H,19,20). The Hall–Kier alpha value is -2.12. The minimum atomic E-state index is -4.27. The Morgan fingerprint density at radius 2 is 1.75 bits per heavy atom. The van der Waals surface area contributed by atoms with Crippen molar-refractivity contribution in [3.63, 3.8) is 0 Å². The first-order valence-electron chi connectivity index (χ1n) is 5.47. The Morgan fingerprint density at radius 1 is 1.20 bits per heavy atom. The average Bonchev–Trinajstić information content (AvgIpc) is 2.37. The number of rotatable bonds is 6. The van der Waals surface area contributed by atoms with Gasteiger partial charge in [0.25, 0.3) is 0 Å². The summed E-state index contributed by atoms with van der Waals surface area (Å²) in [5.74, 6) is -6.27. The molecular formula is C12H11F4NO3. The number of carbonyl (C=O) groups excluding carboxylic acids is 1. The predicted octanol–water partition coefficient (Wildman–Crippen LogP) is 1.94. The summed E-state index contributed by atoms with van der Waals surface area (Å²) >= 11 is 0. The third-order valence-corrected chi connectivity index (χ3v) is 2.41. The molecule has 0 heterocycles. The first-order chi connectivity index (χ1) is 9.22. The van der Waals surface area contributed by atoms with Crippen LogP contribution in [0.2, 0.25) is 0 Å². The van der Waals surface area contributed by atoms with Crippen LogP contribution in [0.3, 0.4) is 0 Å². The zero-order valence-corrected chi connectivity index (χ0v) is 10.1. The third-order valence-electron chi connectivity index (χ3n) is 2.41. The highest BCUT2D eigenvalue weighted by atomic mass is 19.3. The van der Waals surface area contributed by atoms with Gasteiger partial charge in [-0.1, -0.05) is 12.1 Å². The van der Waals surface area contributed by atoms with Gasteiger partial charge in [0.15, 0.2) is 0 Å². The first-order valence-corrected chi connectivity index (χ1v) is 5.47. The molecule has 20 heavy (non-hydrogen) atoms. The van der Waals surface area contributed by atoms with Crippen molar-refractivity contribution >= 4 is 11.9 Å². The van der Waals surface area contributed by atoms with Gasteiger partial charge in [0, 0.05) is 0 Å². The SMILES string of the molecule is O=C(Cc1ccc(C(=O)O)cc1)NCC(F)(F)C(F)F. The maximum atomic E-state index is 12.6. The molecule has 0 aliphatic carbocycles. The van der Waals surface area contributed by atoms with Crippen molar-refractivity contribution in [1.82, 2.24) is 5.32 Å². The van der Waals surface area contributed by atoms with Crippen molar-refractivity contribution in [1.29, 1.82) is 0 Å². The van der Waals surface area contributed by atoms with E-state index in [1.807, 2.05) is 0 Å². The lowest BCUT2D eigenvalue weighted by Crippen LogP contribution is -2.41. The van der Waals surface area contributed by atoms with E-state index < -0.39 is 30.8 Å². The van der Waals surface area contributed by atoms with E-state index in [1.165, 1.54) is 24.3 Å². The van der Waals surface area contributed by atoms with E-state index in [2.05, 4.69) is 0 Å². The van der Waals surface area contributed by atoms with Gasteiger partial charge in [-0.2, -0.15) is 8.78 Å². The van der Waals surface area contributed by atoms with E-state index in [0.29, 0.717) is 5.56 Å². The number of hydrogen-bond donors (Lipinski definition) is 2. The van der Waals surface area contributed by atoms with Gasteiger partial charge in [-0.05, 0) is 17.7 Å². The van der Waals surface area contributed by atoms with Crippen molar-refractivity contribution in [2.45, 2.75) is 18.8 Å². The average molecular weight is 293 g/mol. The molecular weight excluding hydrogens is 282 g/mol. The Balaban J connectivity index is 2.52. The molecule has 1 aromatic carbocycles. The number of alkyl halides is 4. The van der Waals surface area contributed by atoms with Crippen LogP contribution in [0, 0.1) is 0 Å². The second-order valence-electron chi connectivity index (χ2n) is 4.02. The fourth-order valence-electron chi connectivity index (χ4n) is 1.31. The Kier molecular flexibility index (Phi) is 5.06. The second-order valence-corrected chi connectivity index (χ2v) is 4.02. The van der Waals surface area contributed by atoms with Gasteiger partial charge in [-0.25, -0.2) is 13.6 Å². The van der Waals surface area contributed by atoms with Gasteiger partial charge in [0.2, 0.25) is 5.91 Å². The van der Waals surface area contributed by atoms with Crippen LogP contribution in [0.25, 0.3) is 0 Å². The van der Waals surface area contributed by atoms with Crippen molar-refractivity contribution in [2.75, 3.05) is 6.54 Å². The van der Waals surface area contributed by atoms with Crippen LogP contribution in [0.1, 0.15) is 15.9 Å². The summed E-state index contributed by atoms with van der Waals surface area (Å²) in [5.41, 5.74) is 0.395. The van der Waals surface area contributed by atoms with Gasteiger partial charge >= 0.3 is 18.3 Å². The van der Waals surface area contributed by atoms with E-state index in [9.17, 15) is 27.2 Å². The number of nitrogens with one attached hydrogen (secondary N) is 1. The summed E-state index contributed by atoms with van der Waals surface area (Å²) < 4.78 is 48.8. The number of halogens is 4. The Bertz CT molecular complexity index is 488. The molecule has 2 N–H and O–H groups in total. The maximum absolute atomic E-state index is 12.6. The molecule has 4 nitrogen and oxygen atoms in total. The molecule has 8 heteroatoms. The molecule has 0 radical (unpaired) electrons. The first kappa shape index (κ1) is 15.9. The maximum Gasteiger partial charge on any atom is 0.335 e. The lowest BCUT2D eigenvalue weighted by molar-refractivity contribution is -0.136. The smallest absolute Gasteiger partial charge is 0.335 e. The molecule has 1 aromatic rings. The minimum Gasteiger partial charge on any atom is -0.478 e. The number of amides is 1. The molecule has 0 aliphatic rings. The lowest BCUT2D eigenvalue weighted by atomic mass is 10.1. The molecule has 0 atom stereocenters. The number of carboxylic acid groups (broad SMARTS) is 1. The van der Waals surface area contributed by atoms with Crippen molar-refractivity contribution in [3.05, 3.63) is 35.4 Å². The number of benzene rings is 1. The van der Waals surface area contributed by atoms with Crippen LogP contribution in [-0.4, -0.2) is 35.9 Å². The molecule has 0 spiro atoms. The fourth-order valence-corrected chi connectivity index (χ4v) is 1.31. The topological polar surface area (TPSA) is 66.4 Å². The van der Waals surface area contributed by atoms with Crippen LogP contribution >= 0.6 is 0 Å². The summed E-state index contributed by atoms with van der Waals surface area (Å²) in [4.78, 5) is 21.9. The molecule has 0 bridgehead atoms. The highest BCUT2D eigenvalue weighted by Gasteiger charge is 2.40. The molecule has 1 amide bonds. The molecule has 1 rings (SSSR count). The molecule has 0 fully saturated rings. The molecule has 0 aromatic heterocycles. The van der Waals surface area contributed by atoms with Crippen LogP contribution in [0.15, 0.2) is 24.3 Å². The van der Waals surface area contributed by atoms with Crippen LogP contribution in [-0.2, 0) is 11.2 Å². The summed E-state index contributed by atoms with van der Waals surface area (Å²) in [5, 5.41) is 10.4. The summed E-state index contributed by atoms with van der Waals surface area (Å²) in [6.45, 7) is -1.45. The monoisotopic (exact) mass is 293 g/mol. The summed E-state index contributed by atoms with van der Waals surface area (Å²) in [7, 11) is 0. The van der Waals surface area contributed by atoms with Crippen molar-refractivity contribution < 1.29 is 32.3 Å². The van der Waals surface area contributed by atoms with E-state index in [1.54, 1.807) is 5.32 Å². The van der Waals surface area contributed by atoms with E-state index >= 15 is 0 Å². The van der Waals surface area contributed by atoms with Crippen molar-refractivity contribution in [3.8, 4) is 0 Å². The van der Waals surface area contributed by atoms with E-state index in [-0.39, 0.29) is 12.0 Å². The van der Waals surface area contributed by atoms with Gasteiger partial charge < -0.3 is 10.4 Å². The van der Waals surface area contributed by atoms with Gasteiger partial charge in [0.1, 0.15) is 0 Å². The van der Waals surface area contributed by atoms with Crippen LogP contribution < -0.4 is 5.32 Å². The van der Waals surface area contributed by atoms with E-state index in [4.69, 9.17) is 5.11 Å². The summed E-state index contributed by atoms with van der Waals surface area (Å²) in [6.07, 6.45) is -4.16. The molecule has 110 valence electrons. The zero-order valence-electron chi connectivity index (χ0n) is 10.1. The molecule has 0 saturated carbocycles. The highest BCUT2D eigenvalue weighted by molar-refractivity contribution is 5.87. The number of carboxylic acids is 1. The Morgan fingerprint density at radius 3 is 2.20 bits per heavy atom. The lowest BCUT2D eigenvalue weighted by Gasteiger charge is -2.15. The van der Waals surface area contributed by atoms with Crippen LogP contribution in [0.5, 0.6) is 0 Å². The number of hydrogen-bond acceptors (Lipinski definition) is 2. The number of carbonyl (C=O) groups is 2. The fraction of sp³-hybridized carbons (Fsp3) is 0.333. The van der Waals surface area contributed by atoms with Gasteiger partial charge in [-0.3, -0.25) is 4.79 Å². The Labute approximate surface area is 111 Å². The minimum absolute atomic E-state index is 0.0124. The number of aromatic carboxylic acids is 1. The van der Waals surface area contributed by atoms with Gasteiger partial charge in [-0.15, -0.1) is 0 Å². The molecule has 0 unspecified atom stereocenters. The third kappa shape index (κ3) is 4.52. The molecule has 0 saturated heterocycles. The zero-order chi connectivity index (χ0) is 15.3. The summed E-state index contributed by atoms with van der Waals surface area (Å²) in [6, 6.07) is 5.18. The van der Waals surface area contributed by atoms with E-state index in [0.717, 1.165) is 0 Å². The molecule has 0 aliphatic heterocycles. The van der Waals surface area contributed by atoms with Gasteiger partial charge in [0.05, 0.1) is 18.5 Å². The normalized spacial score (nSPS) is 11.4. The second kappa shape index (κ2) is 6.36. The van der Waals surface area contributed by atoms with Crippen molar-refractivity contribution in [2.24, 2.45) is 0 Å². The van der Waals surface area contributed by atoms with Crippen LogP contribution in [0.4, 0.5) is 17.6 Å². The largest absolute Gasteiger partial charge is 0.478 e.